The minimum Gasteiger partial charge on any atom is -0.469 e. The summed E-state index contributed by atoms with van der Waals surface area (Å²) in [7, 11) is -2.60. The standard InChI is InChI=1S/C17H22N2O5S/c1-12(17(20)23-4)10-19(11-15-8-6-5-7-9-15)25(21,22)16-13(2)18-24-14(16)3/h5-9,12H,10-11H2,1-4H3/t12-/m0/s1. The lowest BCUT2D eigenvalue weighted by atomic mass is 10.1. The zero-order valence-corrected chi connectivity index (χ0v) is 15.5. The number of rotatable bonds is 7. The van der Waals surface area contributed by atoms with Gasteiger partial charge in [-0.15, -0.1) is 0 Å². The molecule has 0 unspecified atom stereocenters. The summed E-state index contributed by atoms with van der Waals surface area (Å²) < 4.78 is 37.3. The Balaban J connectivity index is 2.41. The molecule has 1 heterocycles. The summed E-state index contributed by atoms with van der Waals surface area (Å²) in [6.45, 7) is 4.89. The molecule has 136 valence electrons. The molecule has 7 nitrogen and oxygen atoms in total. The predicted molar refractivity (Wildman–Crippen MR) is 91.2 cm³/mol. The van der Waals surface area contributed by atoms with E-state index < -0.39 is 21.9 Å². The van der Waals surface area contributed by atoms with Crippen LogP contribution in [0.25, 0.3) is 0 Å². The monoisotopic (exact) mass is 366 g/mol. The average molecular weight is 366 g/mol. The molecule has 0 fully saturated rings. The Morgan fingerprint density at radius 3 is 2.44 bits per heavy atom. The van der Waals surface area contributed by atoms with Crippen molar-refractivity contribution in [2.45, 2.75) is 32.2 Å². The third kappa shape index (κ3) is 4.26. The summed E-state index contributed by atoms with van der Waals surface area (Å²) in [6, 6.07) is 9.19. The number of carbonyl (C=O) groups is 1. The second-order valence-corrected chi connectivity index (χ2v) is 7.74. The Bertz CT molecular complexity index is 810. The summed E-state index contributed by atoms with van der Waals surface area (Å²) >= 11 is 0. The zero-order chi connectivity index (χ0) is 18.6. The molecule has 0 aliphatic rings. The molecule has 2 rings (SSSR count). The Hall–Kier alpha value is -2.19. The van der Waals surface area contributed by atoms with Gasteiger partial charge in [-0.25, -0.2) is 8.42 Å². The van der Waals surface area contributed by atoms with E-state index in [1.807, 2.05) is 30.3 Å². The van der Waals surface area contributed by atoms with E-state index in [2.05, 4.69) is 5.16 Å². The van der Waals surface area contributed by atoms with E-state index in [9.17, 15) is 13.2 Å². The largest absolute Gasteiger partial charge is 0.469 e. The minimum absolute atomic E-state index is 0.00599. The molecule has 0 radical (unpaired) electrons. The number of benzene rings is 1. The number of aryl methyl sites for hydroxylation is 2. The highest BCUT2D eigenvalue weighted by Gasteiger charge is 2.33. The summed E-state index contributed by atoms with van der Waals surface area (Å²) in [5, 5.41) is 3.73. The fourth-order valence-corrected chi connectivity index (χ4v) is 4.40. The van der Waals surface area contributed by atoms with Crippen LogP contribution < -0.4 is 0 Å². The van der Waals surface area contributed by atoms with Gasteiger partial charge in [0.05, 0.1) is 13.0 Å². The maximum Gasteiger partial charge on any atom is 0.309 e. The summed E-state index contributed by atoms with van der Waals surface area (Å²) in [4.78, 5) is 11.8. The van der Waals surface area contributed by atoms with Crippen LogP contribution in [0, 0.1) is 19.8 Å². The molecule has 0 N–H and O–H groups in total. The van der Waals surface area contributed by atoms with Gasteiger partial charge in [-0.3, -0.25) is 4.79 Å². The maximum absolute atomic E-state index is 13.2. The number of hydrogen-bond acceptors (Lipinski definition) is 6. The van der Waals surface area contributed by atoms with Crippen molar-refractivity contribution < 1.29 is 22.5 Å². The first kappa shape index (κ1) is 19.1. The van der Waals surface area contributed by atoms with Gasteiger partial charge in [0, 0.05) is 13.1 Å². The first-order valence-electron chi connectivity index (χ1n) is 7.82. The molecule has 0 amide bonds. The van der Waals surface area contributed by atoms with Crippen LogP contribution in [0.5, 0.6) is 0 Å². The molecule has 1 aromatic heterocycles. The van der Waals surface area contributed by atoms with Gasteiger partial charge >= 0.3 is 5.97 Å². The first-order valence-corrected chi connectivity index (χ1v) is 9.26. The molecule has 1 atom stereocenters. The van der Waals surface area contributed by atoms with Crippen molar-refractivity contribution in [2.75, 3.05) is 13.7 Å². The number of aromatic nitrogens is 1. The number of carbonyl (C=O) groups excluding carboxylic acids is 1. The molecule has 2 aromatic rings. The van der Waals surface area contributed by atoms with Crippen molar-refractivity contribution in [3.63, 3.8) is 0 Å². The van der Waals surface area contributed by atoms with Gasteiger partial charge in [0.15, 0.2) is 5.76 Å². The van der Waals surface area contributed by atoms with Gasteiger partial charge in [-0.05, 0) is 19.4 Å². The SMILES string of the molecule is COC(=O)[C@@H](C)CN(Cc1ccccc1)S(=O)(=O)c1c(C)noc1C. The molecule has 25 heavy (non-hydrogen) atoms. The lowest BCUT2D eigenvalue weighted by Gasteiger charge is -2.24. The first-order chi connectivity index (χ1) is 11.8. The molecule has 0 saturated carbocycles. The van der Waals surface area contributed by atoms with Crippen molar-refractivity contribution in [1.29, 1.82) is 0 Å². The number of nitrogens with zero attached hydrogens (tertiary/aromatic N) is 2. The third-order valence-corrected chi connectivity index (χ3v) is 5.91. The second-order valence-electron chi connectivity index (χ2n) is 5.86. The van der Waals surface area contributed by atoms with Gasteiger partial charge in [-0.1, -0.05) is 42.4 Å². The van der Waals surface area contributed by atoms with Crippen LogP contribution in [0.3, 0.4) is 0 Å². The molecule has 0 aliphatic heterocycles. The fourth-order valence-electron chi connectivity index (χ4n) is 2.59. The van der Waals surface area contributed by atoms with E-state index in [0.717, 1.165) is 5.56 Å². The zero-order valence-electron chi connectivity index (χ0n) is 14.7. The molecule has 1 aromatic carbocycles. The fraction of sp³-hybridized carbons (Fsp3) is 0.412. The van der Waals surface area contributed by atoms with Crippen LogP contribution in [-0.2, 0) is 26.1 Å². The summed E-state index contributed by atoms with van der Waals surface area (Å²) in [5.41, 5.74) is 1.11. The van der Waals surface area contributed by atoms with Crippen LogP contribution in [0.1, 0.15) is 23.9 Å². The predicted octanol–water partition coefficient (Wildman–Crippen LogP) is 2.29. The molecule has 0 spiro atoms. The Kier molecular flexibility index (Phi) is 5.97. The molecule has 0 saturated heterocycles. The molecule has 0 bridgehead atoms. The third-order valence-electron chi connectivity index (χ3n) is 3.85. The van der Waals surface area contributed by atoms with E-state index in [0.29, 0.717) is 5.69 Å². The van der Waals surface area contributed by atoms with E-state index in [4.69, 9.17) is 9.26 Å². The summed E-state index contributed by atoms with van der Waals surface area (Å²) in [6.07, 6.45) is 0. The minimum atomic E-state index is -3.88. The van der Waals surface area contributed by atoms with E-state index in [-0.39, 0.29) is 23.7 Å². The Morgan fingerprint density at radius 2 is 1.92 bits per heavy atom. The van der Waals surface area contributed by atoms with Crippen LogP contribution in [0.15, 0.2) is 39.8 Å². The van der Waals surface area contributed by atoms with Gasteiger partial charge in [0.2, 0.25) is 10.0 Å². The Morgan fingerprint density at radius 1 is 1.28 bits per heavy atom. The van der Waals surface area contributed by atoms with Crippen LogP contribution in [-0.4, -0.2) is 37.5 Å². The second kappa shape index (κ2) is 7.79. The highest BCUT2D eigenvalue weighted by atomic mass is 32.2. The molecule has 0 aliphatic carbocycles. The van der Waals surface area contributed by atoms with Crippen molar-refractivity contribution >= 4 is 16.0 Å². The average Bonchev–Trinajstić information content (AvgIpc) is 2.93. The van der Waals surface area contributed by atoms with Crippen molar-refractivity contribution in [2.24, 2.45) is 5.92 Å². The lowest BCUT2D eigenvalue weighted by molar-refractivity contribution is -0.145. The van der Waals surface area contributed by atoms with E-state index >= 15 is 0 Å². The topological polar surface area (TPSA) is 89.7 Å². The van der Waals surface area contributed by atoms with E-state index in [1.54, 1.807) is 20.8 Å². The van der Waals surface area contributed by atoms with Crippen molar-refractivity contribution in [3.05, 3.63) is 47.3 Å². The summed E-state index contributed by atoms with van der Waals surface area (Å²) in [5.74, 6) is -0.850. The van der Waals surface area contributed by atoms with Gasteiger partial charge in [-0.2, -0.15) is 4.31 Å². The highest BCUT2D eigenvalue weighted by Crippen LogP contribution is 2.25. The van der Waals surface area contributed by atoms with Gasteiger partial charge in [0.1, 0.15) is 10.6 Å². The molecular weight excluding hydrogens is 344 g/mol. The van der Waals surface area contributed by atoms with Crippen LogP contribution >= 0.6 is 0 Å². The highest BCUT2D eigenvalue weighted by molar-refractivity contribution is 7.89. The normalized spacial score (nSPS) is 13.0. The van der Waals surface area contributed by atoms with Crippen molar-refractivity contribution in [1.82, 2.24) is 9.46 Å². The van der Waals surface area contributed by atoms with Crippen LogP contribution in [0.4, 0.5) is 0 Å². The number of sulfonamides is 1. The van der Waals surface area contributed by atoms with Gasteiger partial charge < -0.3 is 9.26 Å². The lowest BCUT2D eigenvalue weighted by Crippen LogP contribution is -2.37. The van der Waals surface area contributed by atoms with Crippen molar-refractivity contribution in [3.8, 4) is 0 Å². The quantitative estimate of drug-likeness (QED) is 0.699. The molecule has 8 heteroatoms. The maximum atomic E-state index is 13.2. The number of ether oxygens (including phenoxy) is 1. The Labute approximate surface area is 147 Å². The number of methoxy groups -OCH3 is 1. The molecular formula is C17H22N2O5S. The van der Waals surface area contributed by atoms with Gasteiger partial charge in [0.25, 0.3) is 0 Å². The van der Waals surface area contributed by atoms with E-state index in [1.165, 1.54) is 11.4 Å². The number of esters is 1. The smallest absolute Gasteiger partial charge is 0.309 e. The van der Waals surface area contributed by atoms with Crippen LogP contribution in [0.2, 0.25) is 0 Å². The number of hydrogen-bond donors (Lipinski definition) is 0.